The Balaban J connectivity index is 1.89. The van der Waals surface area contributed by atoms with Crippen LogP contribution in [0.5, 0.6) is 0 Å². The maximum atomic E-state index is 12.0. The maximum absolute atomic E-state index is 12.0. The Bertz CT molecular complexity index is 544. The number of hydrogen-bond donors (Lipinski definition) is 0. The number of carbonyl (C=O) groups excluding carboxylic acids is 1. The van der Waals surface area contributed by atoms with Gasteiger partial charge in [-0.25, -0.2) is 0 Å². The molecule has 0 aliphatic heterocycles. The van der Waals surface area contributed by atoms with E-state index in [2.05, 4.69) is 11.6 Å². The van der Waals surface area contributed by atoms with Gasteiger partial charge < -0.3 is 0 Å². The van der Waals surface area contributed by atoms with Crippen LogP contribution >= 0.6 is 11.3 Å². The Morgan fingerprint density at radius 3 is 3.11 bits per heavy atom. The number of aromatic nitrogens is 1. The fraction of sp³-hybridized carbons (Fsp3) is 0.333. The van der Waals surface area contributed by atoms with Gasteiger partial charge in [0.05, 0.1) is 10.2 Å². The van der Waals surface area contributed by atoms with Gasteiger partial charge in [-0.2, -0.15) is 0 Å². The summed E-state index contributed by atoms with van der Waals surface area (Å²) in [5.41, 5.74) is 1.72. The number of fused-ring (bicyclic) bond motifs is 1. The molecule has 2 rings (SSSR count). The molecular weight excluding hydrogens is 242 g/mol. The number of rotatable bonds is 7. The average Bonchev–Trinajstić information content (AvgIpc) is 2.85. The molecule has 0 fully saturated rings. The van der Waals surface area contributed by atoms with Crippen LogP contribution in [-0.2, 0) is 0 Å². The second kappa shape index (κ2) is 6.45. The smallest absolute Gasteiger partial charge is 0.164 e. The molecule has 0 spiro atoms. The minimum absolute atomic E-state index is 0.205. The van der Waals surface area contributed by atoms with Crippen LogP contribution in [-0.4, -0.2) is 10.8 Å². The van der Waals surface area contributed by atoms with Crippen LogP contribution in [0, 0.1) is 0 Å². The summed E-state index contributed by atoms with van der Waals surface area (Å²) in [6.45, 7) is 3.69. The van der Waals surface area contributed by atoms with E-state index in [9.17, 15) is 4.79 Å². The number of nitrogens with zero attached hydrogens (tertiary/aromatic N) is 1. The molecule has 18 heavy (non-hydrogen) atoms. The summed E-state index contributed by atoms with van der Waals surface area (Å²) in [5.74, 6) is 0.205. The van der Waals surface area contributed by atoms with Crippen molar-refractivity contribution >= 4 is 27.3 Å². The van der Waals surface area contributed by atoms with Crippen LogP contribution in [0.2, 0.25) is 0 Å². The highest BCUT2D eigenvalue weighted by atomic mass is 32.1. The standard InChI is InChI=1S/C15H17NOS/c1-2-3-4-5-6-7-14(17)12-10-15-13(16-11-12)8-9-18-15/h2,8-11H,1,3-7H2. The van der Waals surface area contributed by atoms with Gasteiger partial charge in [-0.15, -0.1) is 17.9 Å². The van der Waals surface area contributed by atoms with Crippen molar-refractivity contribution in [3.8, 4) is 0 Å². The molecule has 2 aromatic rings. The average molecular weight is 259 g/mol. The third-order valence-electron chi connectivity index (χ3n) is 2.94. The van der Waals surface area contributed by atoms with Crippen LogP contribution in [0.3, 0.4) is 0 Å². The van der Waals surface area contributed by atoms with Gasteiger partial charge in [0.25, 0.3) is 0 Å². The predicted molar refractivity (Wildman–Crippen MR) is 77.2 cm³/mol. The van der Waals surface area contributed by atoms with Gasteiger partial charge in [0.15, 0.2) is 5.78 Å². The van der Waals surface area contributed by atoms with Crippen molar-refractivity contribution in [3.05, 3.63) is 41.9 Å². The van der Waals surface area contributed by atoms with Crippen molar-refractivity contribution < 1.29 is 4.79 Å². The molecule has 0 bridgehead atoms. The summed E-state index contributed by atoms with van der Waals surface area (Å²) >= 11 is 1.63. The Morgan fingerprint density at radius 2 is 2.28 bits per heavy atom. The van der Waals surface area contributed by atoms with Gasteiger partial charge in [0.2, 0.25) is 0 Å². The Hall–Kier alpha value is -1.48. The molecular formula is C15H17NOS. The SMILES string of the molecule is C=CCCCCCC(=O)c1cnc2ccsc2c1. The van der Waals surface area contributed by atoms with Gasteiger partial charge in [-0.1, -0.05) is 12.5 Å². The lowest BCUT2D eigenvalue weighted by Crippen LogP contribution is -1.99. The fourth-order valence-electron chi connectivity index (χ4n) is 1.89. The largest absolute Gasteiger partial charge is 0.294 e. The topological polar surface area (TPSA) is 30.0 Å². The molecule has 0 aromatic carbocycles. The molecule has 3 heteroatoms. The molecule has 0 aliphatic rings. The van der Waals surface area contributed by atoms with Crippen molar-refractivity contribution in [2.75, 3.05) is 0 Å². The van der Waals surface area contributed by atoms with E-state index in [4.69, 9.17) is 0 Å². The Kier molecular flexibility index (Phi) is 4.65. The monoisotopic (exact) mass is 259 g/mol. The second-order valence-electron chi connectivity index (χ2n) is 4.34. The summed E-state index contributed by atoms with van der Waals surface area (Å²) in [6, 6.07) is 3.93. The number of carbonyl (C=O) groups is 1. The number of Topliss-reactive ketones (excluding diaryl/α,β-unsaturated/α-hetero) is 1. The molecule has 2 nitrogen and oxygen atoms in total. The van der Waals surface area contributed by atoms with Crippen molar-refractivity contribution in [2.45, 2.75) is 32.1 Å². The molecule has 0 N–H and O–H groups in total. The van der Waals surface area contributed by atoms with E-state index in [1.807, 2.05) is 23.6 Å². The maximum Gasteiger partial charge on any atom is 0.164 e. The van der Waals surface area contributed by atoms with Crippen molar-refractivity contribution in [2.24, 2.45) is 0 Å². The molecule has 0 amide bonds. The Morgan fingerprint density at radius 1 is 1.39 bits per heavy atom. The zero-order valence-corrected chi connectivity index (χ0v) is 11.2. The molecule has 2 heterocycles. The summed E-state index contributed by atoms with van der Waals surface area (Å²) in [7, 11) is 0. The van der Waals surface area contributed by atoms with Crippen molar-refractivity contribution in [1.82, 2.24) is 4.98 Å². The Labute approximate surface area is 111 Å². The van der Waals surface area contributed by atoms with E-state index in [-0.39, 0.29) is 5.78 Å². The molecule has 0 radical (unpaired) electrons. The zero-order chi connectivity index (χ0) is 12.8. The minimum atomic E-state index is 0.205. The third-order valence-corrected chi connectivity index (χ3v) is 3.79. The lowest BCUT2D eigenvalue weighted by Gasteiger charge is -2.01. The molecule has 0 atom stereocenters. The van der Waals surface area contributed by atoms with E-state index in [0.29, 0.717) is 6.42 Å². The number of hydrogen-bond acceptors (Lipinski definition) is 3. The van der Waals surface area contributed by atoms with E-state index >= 15 is 0 Å². The quantitative estimate of drug-likeness (QED) is 0.412. The third kappa shape index (κ3) is 3.26. The first-order valence-electron chi connectivity index (χ1n) is 6.28. The van der Waals surface area contributed by atoms with E-state index in [1.165, 1.54) is 0 Å². The van der Waals surface area contributed by atoms with Crippen LogP contribution < -0.4 is 0 Å². The summed E-state index contributed by atoms with van der Waals surface area (Å²) in [6.07, 6.45) is 8.45. The van der Waals surface area contributed by atoms with Crippen LogP contribution in [0.15, 0.2) is 36.4 Å². The van der Waals surface area contributed by atoms with Crippen LogP contribution in [0.4, 0.5) is 0 Å². The van der Waals surface area contributed by atoms with E-state index in [0.717, 1.165) is 41.5 Å². The van der Waals surface area contributed by atoms with Gasteiger partial charge >= 0.3 is 0 Å². The molecule has 0 unspecified atom stereocenters. The fourth-order valence-corrected chi connectivity index (χ4v) is 2.67. The first kappa shape index (κ1) is 13.0. The predicted octanol–water partition coefficient (Wildman–Crippen LogP) is 4.62. The summed E-state index contributed by atoms with van der Waals surface area (Å²) < 4.78 is 1.09. The van der Waals surface area contributed by atoms with Crippen molar-refractivity contribution in [1.29, 1.82) is 0 Å². The first-order chi connectivity index (χ1) is 8.81. The van der Waals surface area contributed by atoms with Gasteiger partial charge in [0.1, 0.15) is 0 Å². The highest BCUT2D eigenvalue weighted by Gasteiger charge is 2.07. The molecule has 0 saturated heterocycles. The molecule has 94 valence electrons. The molecule has 2 aromatic heterocycles. The molecule has 0 aliphatic carbocycles. The van der Waals surface area contributed by atoms with E-state index < -0.39 is 0 Å². The summed E-state index contributed by atoms with van der Waals surface area (Å²) in [4.78, 5) is 16.3. The lowest BCUT2D eigenvalue weighted by molar-refractivity contribution is 0.0979. The zero-order valence-electron chi connectivity index (χ0n) is 10.4. The number of ketones is 1. The van der Waals surface area contributed by atoms with E-state index in [1.54, 1.807) is 17.5 Å². The summed E-state index contributed by atoms with van der Waals surface area (Å²) in [5, 5.41) is 2.00. The number of pyridine rings is 1. The van der Waals surface area contributed by atoms with Gasteiger partial charge in [-0.05, 0) is 36.8 Å². The minimum Gasteiger partial charge on any atom is -0.294 e. The van der Waals surface area contributed by atoms with Crippen molar-refractivity contribution in [3.63, 3.8) is 0 Å². The highest BCUT2D eigenvalue weighted by Crippen LogP contribution is 2.20. The normalized spacial score (nSPS) is 10.7. The number of unbranched alkanes of at least 4 members (excludes halogenated alkanes) is 3. The highest BCUT2D eigenvalue weighted by molar-refractivity contribution is 7.17. The van der Waals surface area contributed by atoms with Gasteiger partial charge in [0, 0.05) is 18.2 Å². The lowest BCUT2D eigenvalue weighted by atomic mass is 10.1. The second-order valence-corrected chi connectivity index (χ2v) is 5.29. The number of thiophene rings is 1. The van der Waals surface area contributed by atoms with Gasteiger partial charge in [-0.3, -0.25) is 9.78 Å². The number of allylic oxidation sites excluding steroid dienone is 1. The van der Waals surface area contributed by atoms with Crippen LogP contribution in [0.25, 0.3) is 10.2 Å². The van der Waals surface area contributed by atoms with Crippen LogP contribution in [0.1, 0.15) is 42.5 Å². The molecule has 0 saturated carbocycles. The first-order valence-corrected chi connectivity index (χ1v) is 7.16.